The highest BCUT2D eigenvalue weighted by Gasteiger charge is 2.24. The molecule has 1 amide bonds. The van der Waals surface area contributed by atoms with Crippen molar-refractivity contribution in [3.05, 3.63) is 30.0 Å². The zero-order chi connectivity index (χ0) is 11.8. The molecular formula is C13H15N3O. The molecule has 0 saturated carbocycles. The highest BCUT2D eigenvalue weighted by atomic mass is 16.2. The first-order valence-corrected chi connectivity index (χ1v) is 5.96. The molecule has 2 heterocycles. The Morgan fingerprint density at radius 3 is 3.18 bits per heavy atom. The maximum Gasteiger partial charge on any atom is 0.253 e. The van der Waals surface area contributed by atoms with Crippen molar-refractivity contribution >= 4 is 16.8 Å². The summed E-state index contributed by atoms with van der Waals surface area (Å²) >= 11 is 0. The molecule has 1 fully saturated rings. The molecule has 17 heavy (non-hydrogen) atoms. The van der Waals surface area contributed by atoms with E-state index in [1.54, 1.807) is 6.20 Å². The quantitative estimate of drug-likeness (QED) is 0.813. The van der Waals surface area contributed by atoms with Gasteiger partial charge in [0.05, 0.1) is 11.7 Å². The lowest BCUT2D eigenvalue weighted by Crippen LogP contribution is -2.28. The minimum atomic E-state index is 0.130. The van der Waals surface area contributed by atoms with Crippen LogP contribution in [0.3, 0.4) is 0 Å². The van der Waals surface area contributed by atoms with E-state index in [1.807, 2.05) is 23.1 Å². The number of nitrogens with zero attached hydrogens (tertiary/aromatic N) is 2. The Kier molecular flexibility index (Phi) is 2.35. The number of hydrogen-bond acceptors (Lipinski definition) is 2. The standard InChI is InChI=1S/C13H15N3O/c1-9-4-5-16(8-9)13(17)10-2-3-11-7-14-15-12(11)6-10/h2-3,6-7,9H,4-5,8H2,1H3,(H,14,15). The van der Waals surface area contributed by atoms with Crippen LogP contribution in [0, 0.1) is 5.92 Å². The van der Waals surface area contributed by atoms with Gasteiger partial charge in [0, 0.05) is 24.0 Å². The SMILES string of the molecule is CC1CCN(C(=O)c2ccc3cn[nH]c3c2)C1. The van der Waals surface area contributed by atoms with Gasteiger partial charge in [0.2, 0.25) is 0 Å². The van der Waals surface area contributed by atoms with Crippen LogP contribution >= 0.6 is 0 Å². The highest BCUT2D eigenvalue weighted by Crippen LogP contribution is 2.19. The van der Waals surface area contributed by atoms with Crippen LogP contribution in [0.4, 0.5) is 0 Å². The largest absolute Gasteiger partial charge is 0.338 e. The molecule has 1 N–H and O–H groups in total. The molecule has 0 radical (unpaired) electrons. The number of aromatic nitrogens is 2. The molecule has 4 nitrogen and oxygen atoms in total. The smallest absolute Gasteiger partial charge is 0.253 e. The van der Waals surface area contributed by atoms with Crippen molar-refractivity contribution in [3.8, 4) is 0 Å². The lowest BCUT2D eigenvalue weighted by atomic mass is 10.1. The number of fused-ring (bicyclic) bond motifs is 1. The second kappa shape index (κ2) is 3.87. The predicted molar refractivity (Wildman–Crippen MR) is 65.8 cm³/mol. The molecule has 0 aliphatic carbocycles. The van der Waals surface area contributed by atoms with Gasteiger partial charge in [-0.25, -0.2) is 0 Å². The molecule has 0 bridgehead atoms. The van der Waals surface area contributed by atoms with Gasteiger partial charge in [-0.3, -0.25) is 9.89 Å². The van der Waals surface area contributed by atoms with Gasteiger partial charge in [-0.05, 0) is 24.5 Å². The Labute approximate surface area is 99.6 Å². The molecule has 0 spiro atoms. The van der Waals surface area contributed by atoms with E-state index >= 15 is 0 Å². The van der Waals surface area contributed by atoms with Gasteiger partial charge in [-0.1, -0.05) is 13.0 Å². The fourth-order valence-corrected chi connectivity index (χ4v) is 2.37. The average Bonchev–Trinajstić information content (AvgIpc) is 2.95. The van der Waals surface area contributed by atoms with Crippen LogP contribution in [0.5, 0.6) is 0 Å². The summed E-state index contributed by atoms with van der Waals surface area (Å²) in [5.41, 5.74) is 1.67. The van der Waals surface area contributed by atoms with Crippen LogP contribution in [-0.4, -0.2) is 34.1 Å². The predicted octanol–water partition coefficient (Wildman–Crippen LogP) is 2.04. The summed E-state index contributed by atoms with van der Waals surface area (Å²) in [5, 5.41) is 7.89. The van der Waals surface area contributed by atoms with Gasteiger partial charge >= 0.3 is 0 Å². The minimum absolute atomic E-state index is 0.130. The normalized spacial score (nSPS) is 20.1. The number of nitrogens with one attached hydrogen (secondary N) is 1. The number of amides is 1. The summed E-state index contributed by atoms with van der Waals surface area (Å²) in [7, 11) is 0. The first-order valence-electron chi connectivity index (χ1n) is 5.96. The van der Waals surface area contributed by atoms with E-state index < -0.39 is 0 Å². The summed E-state index contributed by atoms with van der Waals surface area (Å²) in [5.74, 6) is 0.751. The number of carbonyl (C=O) groups is 1. The van der Waals surface area contributed by atoms with Crippen molar-refractivity contribution < 1.29 is 4.79 Å². The van der Waals surface area contributed by atoms with E-state index in [0.717, 1.165) is 36.0 Å². The number of hydrogen-bond donors (Lipinski definition) is 1. The minimum Gasteiger partial charge on any atom is -0.338 e. The molecule has 1 aliphatic rings. The molecule has 4 heteroatoms. The Hall–Kier alpha value is -1.84. The maximum atomic E-state index is 12.2. The monoisotopic (exact) mass is 229 g/mol. The summed E-state index contributed by atoms with van der Waals surface area (Å²) in [4.78, 5) is 14.2. The van der Waals surface area contributed by atoms with Crippen molar-refractivity contribution in [2.75, 3.05) is 13.1 Å². The fraction of sp³-hybridized carbons (Fsp3) is 0.385. The Morgan fingerprint density at radius 1 is 1.53 bits per heavy atom. The number of rotatable bonds is 1. The lowest BCUT2D eigenvalue weighted by Gasteiger charge is -2.15. The molecule has 1 aliphatic heterocycles. The van der Waals surface area contributed by atoms with Gasteiger partial charge in [-0.2, -0.15) is 5.10 Å². The zero-order valence-corrected chi connectivity index (χ0v) is 9.81. The lowest BCUT2D eigenvalue weighted by molar-refractivity contribution is 0.0788. The first-order chi connectivity index (χ1) is 8.24. The second-order valence-corrected chi connectivity index (χ2v) is 4.82. The first kappa shape index (κ1) is 10.3. The van der Waals surface area contributed by atoms with E-state index in [-0.39, 0.29) is 5.91 Å². The van der Waals surface area contributed by atoms with Crippen molar-refractivity contribution in [2.24, 2.45) is 5.92 Å². The number of carbonyl (C=O) groups excluding carboxylic acids is 1. The van der Waals surface area contributed by atoms with Crippen LogP contribution < -0.4 is 0 Å². The number of likely N-dealkylation sites (tertiary alicyclic amines) is 1. The number of aromatic amines is 1. The van der Waals surface area contributed by atoms with Gasteiger partial charge in [0.1, 0.15) is 0 Å². The summed E-state index contributed by atoms with van der Waals surface area (Å²) < 4.78 is 0. The van der Waals surface area contributed by atoms with Crippen molar-refractivity contribution in [1.82, 2.24) is 15.1 Å². The third-order valence-corrected chi connectivity index (χ3v) is 3.40. The average molecular weight is 229 g/mol. The van der Waals surface area contributed by atoms with E-state index in [2.05, 4.69) is 17.1 Å². The molecule has 3 rings (SSSR count). The molecule has 2 aromatic rings. The van der Waals surface area contributed by atoms with Crippen LogP contribution in [0.2, 0.25) is 0 Å². The number of benzene rings is 1. The zero-order valence-electron chi connectivity index (χ0n) is 9.81. The van der Waals surface area contributed by atoms with Gasteiger partial charge in [-0.15, -0.1) is 0 Å². The highest BCUT2D eigenvalue weighted by molar-refractivity contribution is 5.97. The van der Waals surface area contributed by atoms with Gasteiger partial charge in [0.25, 0.3) is 5.91 Å². The van der Waals surface area contributed by atoms with Crippen molar-refractivity contribution in [2.45, 2.75) is 13.3 Å². The van der Waals surface area contributed by atoms with Crippen LogP contribution in [0.15, 0.2) is 24.4 Å². The molecular weight excluding hydrogens is 214 g/mol. The van der Waals surface area contributed by atoms with Crippen LogP contribution in [0.25, 0.3) is 10.9 Å². The van der Waals surface area contributed by atoms with Crippen molar-refractivity contribution in [1.29, 1.82) is 0 Å². The summed E-state index contributed by atoms with van der Waals surface area (Å²) in [6.07, 6.45) is 2.87. The Balaban J connectivity index is 1.89. The summed E-state index contributed by atoms with van der Waals surface area (Å²) in [6, 6.07) is 5.70. The molecule has 1 unspecified atom stereocenters. The van der Waals surface area contributed by atoms with Gasteiger partial charge < -0.3 is 4.90 Å². The fourth-order valence-electron chi connectivity index (χ4n) is 2.37. The van der Waals surface area contributed by atoms with Gasteiger partial charge in [0.15, 0.2) is 0 Å². The Bertz CT molecular complexity index is 561. The second-order valence-electron chi connectivity index (χ2n) is 4.82. The molecule has 1 atom stereocenters. The molecule has 1 aromatic heterocycles. The van der Waals surface area contributed by atoms with E-state index in [4.69, 9.17) is 0 Å². The third kappa shape index (κ3) is 1.79. The van der Waals surface area contributed by atoms with E-state index in [9.17, 15) is 4.79 Å². The van der Waals surface area contributed by atoms with E-state index in [0.29, 0.717) is 5.92 Å². The third-order valence-electron chi connectivity index (χ3n) is 3.40. The van der Waals surface area contributed by atoms with E-state index in [1.165, 1.54) is 0 Å². The molecule has 88 valence electrons. The maximum absolute atomic E-state index is 12.2. The molecule has 1 saturated heterocycles. The van der Waals surface area contributed by atoms with Crippen LogP contribution in [0.1, 0.15) is 23.7 Å². The van der Waals surface area contributed by atoms with Crippen molar-refractivity contribution in [3.63, 3.8) is 0 Å². The topological polar surface area (TPSA) is 49.0 Å². The number of H-pyrrole nitrogens is 1. The summed E-state index contributed by atoms with van der Waals surface area (Å²) in [6.45, 7) is 3.94. The molecule has 1 aromatic carbocycles. The van der Waals surface area contributed by atoms with Crippen LogP contribution in [-0.2, 0) is 0 Å². The Morgan fingerprint density at radius 2 is 2.41 bits per heavy atom.